The normalized spacial score (nSPS) is 13.0. The quantitative estimate of drug-likeness (QED) is 0.133. The summed E-state index contributed by atoms with van der Waals surface area (Å²) in [6.45, 7) is 0. The standard InChI is InChI=1S/C82H56/c1-3-25-55(26-4-1)77-69-37-15-16-38-70(69)78(56-27-5-2-6-28-56)80(60-51-47-58(48-52-60)76-67-35-13-19-41-73(67)82(74-42-20-14-36-68(74)76)64-44-22-30-54-24-8-10-32-62(54)64)79(77)59-49-45-57(46-50-59)75-65-33-11-17-39-71(65)81(72-40-18-12-34-66(72)75)63-43-21-29-53-23-7-9-31-61(53)63/h1-14,17-21,23-29,31-52H,15-16,22,30H2. The van der Waals surface area contributed by atoms with Crippen molar-refractivity contribution in [2.24, 2.45) is 0 Å². The molecule has 0 atom stereocenters. The molecule has 0 N–H and O–H groups in total. The van der Waals surface area contributed by atoms with Crippen molar-refractivity contribution in [2.45, 2.75) is 25.7 Å². The molecule has 2 aliphatic rings. The van der Waals surface area contributed by atoms with Crippen LogP contribution >= 0.6 is 0 Å². The third kappa shape index (κ3) is 7.74. The van der Waals surface area contributed by atoms with E-state index in [1.54, 1.807) is 0 Å². The predicted molar refractivity (Wildman–Crippen MR) is 351 cm³/mol. The van der Waals surface area contributed by atoms with Gasteiger partial charge >= 0.3 is 0 Å². The van der Waals surface area contributed by atoms with E-state index in [-0.39, 0.29) is 0 Å². The topological polar surface area (TPSA) is 0 Å². The van der Waals surface area contributed by atoms with Crippen LogP contribution < -0.4 is 10.4 Å². The highest BCUT2D eigenvalue weighted by molar-refractivity contribution is 6.24. The molecule has 0 bridgehead atoms. The third-order valence-electron chi connectivity index (χ3n) is 17.8. The molecule has 82 heavy (non-hydrogen) atoms. The van der Waals surface area contributed by atoms with Gasteiger partial charge in [-0.25, -0.2) is 0 Å². The monoisotopic (exact) mass is 1040 g/mol. The van der Waals surface area contributed by atoms with Gasteiger partial charge in [0, 0.05) is 0 Å². The molecule has 0 amide bonds. The van der Waals surface area contributed by atoms with Crippen molar-refractivity contribution in [1.82, 2.24) is 0 Å². The van der Waals surface area contributed by atoms with Crippen LogP contribution in [0.3, 0.4) is 0 Å². The van der Waals surface area contributed by atoms with Gasteiger partial charge in [-0.15, -0.1) is 0 Å². The van der Waals surface area contributed by atoms with Crippen LogP contribution in [0.1, 0.15) is 36.0 Å². The number of aryl methyl sites for hydroxylation is 1. The molecule has 384 valence electrons. The molecule has 0 nitrogen and oxygen atoms in total. The van der Waals surface area contributed by atoms with Gasteiger partial charge in [-0.1, -0.05) is 291 Å². The molecular weight excluding hydrogens is 985 g/mol. The first-order valence-corrected chi connectivity index (χ1v) is 29.1. The van der Waals surface area contributed by atoms with E-state index in [2.05, 4.69) is 291 Å². The molecule has 16 rings (SSSR count). The van der Waals surface area contributed by atoms with Gasteiger partial charge in [0.15, 0.2) is 0 Å². The van der Waals surface area contributed by atoms with Crippen LogP contribution in [0.2, 0.25) is 0 Å². The number of fused-ring (bicyclic) bond motifs is 7. The average Bonchev–Trinajstić information content (AvgIpc) is 3.46. The lowest BCUT2D eigenvalue weighted by molar-refractivity contribution is 0.978. The zero-order chi connectivity index (χ0) is 54.1. The van der Waals surface area contributed by atoms with E-state index >= 15 is 0 Å². The molecule has 14 aromatic rings. The maximum Gasteiger partial charge on any atom is -0.00142 e. The molecule has 0 heteroatoms. The number of hydrogen-bond donors (Lipinski definition) is 0. The molecule has 0 fully saturated rings. The largest absolute Gasteiger partial charge is 0.0757 e. The van der Waals surface area contributed by atoms with Crippen molar-refractivity contribution in [2.75, 3.05) is 0 Å². The van der Waals surface area contributed by atoms with Crippen molar-refractivity contribution in [3.8, 4) is 77.9 Å². The summed E-state index contributed by atoms with van der Waals surface area (Å²) in [5.41, 5.74) is 22.8. The number of allylic oxidation sites excluding steroid dienone is 1. The average molecular weight is 1040 g/mol. The Labute approximate surface area is 478 Å². The smallest absolute Gasteiger partial charge is 0.00142 e. The number of hydrogen-bond acceptors (Lipinski definition) is 0. The van der Waals surface area contributed by atoms with Crippen LogP contribution in [0.5, 0.6) is 0 Å². The lowest BCUT2D eigenvalue weighted by Crippen LogP contribution is -2.32. The Morgan fingerprint density at radius 3 is 1.01 bits per heavy atom. The minimum Gasteiger partial charge on any atom is -0.0757 e. The van der Waals surface area contributed by atoms with Gasteiger partial charge in [0.25, 0.3) is 0 Å². The molecule has 0 radical (unpaired) electrons. The molecule has 0 saturated heterocycles. The summed E-state index contributed by atoms with van der Waals surface area (Å²) >= 11 is 0. The zero-order valence-corrected chi connectivity index (χ0v) is 45.5. The Morgan fingerprint density at radius 2 is 0.537 bits per heavy atom. The summed E-state index contributed by atoms with van der Waals surface area (Å²) in [4.78, 5) is 0. The fourth-order valence-corrected chi connectivity index (χ4v) is 14.3. The first-order chi connectivity index (χ1) is 40.7. The third-order valence-corrected chi connectivity index (χ3v) is 17.8. The summed E-state index contributed by atoms with van der Waals surface area (Å²) in [6.07, 6.45) is 11.6. The Bertz CT molecular complexity index is 4920. The number of benzene rings is 14. The second-order valence-electron chi connectivity index (χ2n) is 22.2. The van der Waals surface area contributed by atoms with Crippen molar-refractivity contribution in [3.63, 3.8) is 0 Å². The highest BCUT2D eigenvalue weighted by Gasteiger charge is 2.26. The Kier molecular flexibility index (Phi) is 11.6. The maximum absolute atomic E-state index is 2.51. The van der Waals surface area contributed by atoms with Crippen molar-refractivity contribution in [3.05, 3.63) is 306 Å². The highest BCUT2D eigenvalue weighted by atomic mass is 14.3. The van der Waals surface area contributed by atoms with E-state index in [0.717, 1.165) is 25.7 Å². The number of rotatable bonds is 8. The Hall–Kier alpha value is -10.1. The van der Waals surface area contributed by atoms with Crippen molar-refractivity contribution < 1.29 is 0 Å². The first kappa shape index (κ1) is 47.8. The van der Waals surface area contributed by atoms with Crippen LogP contribution in [0.4, 0.5) is 0 Å². The SMILES string of the molecule is C1=C(c2c3ccccc3c(-c3ccc(-c4c(-c5ccc(-c6c7ccccc7c(-c7cccc8ccccc78)c7ccccc67)cc5)c(-c5ccccc5)c5c(c4-c4ccccc4)=CCCC=5)cc3)c3ccccc23)c2ccccc2CC1. The van der Waals surface area contributed by atoms with Gasteiger partial charge in [0.05, 0.1) is 0 Å². The fourth-order valence-electron chi connectivity index (χ4n) is 14.3. The van der Waals surface area contributed by atoms with Crippen LogP contribution in [0, 0.1) is 0 Å². The maximum atomic E-state index is 2.51. The molecule has 0 aliphatic heterocycles. The van der Waals surface area contributed by atoms with E-state index in [9.17, 15) is 0 Å². The molecule has 2 aliphatic carbocycles. The van der Waals surface area contributed by atoms with E-state index in [1.807, 2.05) is 0 Å². The van der Waals surface area contributed by atoms with Crippen molar-refractivity contribution >= 4 is 71.6 Å². The van der Waals surface area contributed by atoms with Gasteiger partial charge in [-0.05, 0) is 190 Å². The van der Waals surface area contributed by atoms with E-state index in [0.29, 0.717) is 0 Å². The predicted octanol–water partition coefficient (Wildman–Crippen LogP) is 20.9. The lowest BCUT2D eigenvalue weighted by Gasteiger charge is -2.25. The molecule has 0 unspecified atom stereocenters. The summed E-state index contributed by atoms with van der Waals surface area (Å²) in [5.74, 6) is 0. The van der Waals surface area contributed by atoms with Crippen LogP contribution in [-0.2, 0) is 6.42 Å². The van der Waals surface area contributed by atoms with Crippen LogP contribution in [0.15, 0.2) is 279 Å². The van der Waals surface area contributed by atoms with Gasteiger partial charge in [-0.2, -0.15) is 0 Å². The van der Waals surface area contributed by atoms with Crippen molar-refractivity contribution in [1.29, 1.82) is 0 Å². The molecule has 14 aromatic carbocycles. The molecule has 0 spiro atoms. The zero-order valence-electron chi connectivity index (χ0n) is 45.5. The Morgan fingerprint density at radius 1 is 0.195 bits per heavy atom. The minimum atomic E-state index is 0.993. The summed E-state index contributed by atoms with van der Waals surface area (Å²) in [7, 11) is 0. The van der Waals surface area contributed by atoms with E-state index in [4.69, 9.17) is 0 Å². The molecule has 0 saturated carbocycles. The van der Waals surface area contributed by atoms with Gasteiger partial charge in [0.1, 0.15) is 0 Å². The highest BCUT2D eigenvalue weighted by Crippen LogP contribution is 2.50. The van der Waals surface area contributed by atoms with Crippen LogP contribution in [0.25, 0.3) is 149 Å². The summed E-state index contributed by atoms with van der Waals surface area (Å²) in [6, 6.07) is 102. The van der Waals surface area contributed by atoms with E-state index < -0.39 is 0 Å². The summed E-state index contributed by atoms with van der Waals surface area (Å²) < 4.78 is 0. The Balaban J connectivity index is 0.926. The first-order valence-electron chi connectivity index (χ1n) is 29.1. The molecular formula is C82H56. The van der Waals surface area contributed by atoms with Gasteiger partial charge < -0.3 is 0 Å². The summed E-state index contributed by atoms with van der Waals surface area (Å²) in [5, 5.41) is 15.3. The fraction of sp³-hybridized carbons (Fsp3) is 0.0488. The molecule has 0 aromatic heterocycles. The van der Waals surface area contributed by atoms with Crippen LogP contribution in [-0.4, -0.2) is 0 Å². The second kappa shape index (κ2) is 19.9. The lowest BCUT2D eigenvalue weighted by atomic mass is 9.78. The minimum absolute atomic E-state index is 0.993. The second-order valence-corrected chi connectivity index (χ2v) is 22.2. The van der Waals surface area contributed by atoms with Gasteiger partial charge in [-0.3, -0.25) is 0 Å². The van der Waals surface area contributed by atoms with Gasteiger partial charge in [0.2, 0.25) is 0 Å². The molecule has 0 heterocycles. The van der Waals surface area contributed by atoms with E-state index in [1.165, 1.54) is 164 Å².